The molecule has 160 valence electrons. The Kier molecular flexibility index (Phi) is 6.40. The SMILES string of the molecule is CCC(C(=O)N1CCN(c2cc(Nc3ccccn3)nc(C)n2)CC1)c1ccccc1. The van der Waals surface area contributed by atoms with Gasteiger partial charge in [0, 0.05) is 38.4 Å². The first-order chi connectivity index (χ1) is 15.1. The van der Waals surface area contributed by atoms with E-state index in [1.165, 1.54) is 0 Å². The molecule has 1 fully saturated rings. The van der Waals surface area contributed by atoms with Crippen molar-refractivity contribution in [3.63, 3.8) is 0 Å². The lowest BCUT2D eigenvalue weighted by Gasteiger charge is -2.37. The van der Waals surface area contributed by atoms with Crippen molar-refractivity contribution in [3.8, 4) is 0 Å². The molecule has 1 aliphatic heterocycles. The van der Waals surface area contributed by atoms with Crippen LogP contribution in [-0.2, 0) is 4.79 Å². The molecule has 1 N–H and O–H groups in total. The van der Waals surface area contributed by atoms with Crippen LogP contribution in [0.5, 0.6) is 0 Å². The fourth-order valence-corrected chi connectivity index (χ4v) is 3.96. The number of aryl methyl sites for hydroxylation is 1. The molecule has 0 spiro atoms. The van der Waals surface area contributed by atoms with E-state index in [-0.39, 0.29) is 11.8 Å². The molecule has 4 rings (SSSR count). The second kappa shape index (κ2) is 9.55. The predicted octanol–water partition coefficient (Wildman–Crippen LogP) is 3.77. The van der Waals surface area contributed by atoms with Gasteiger partial charge in [-0.05, 0) is 31.0 Å². The molecule has 0 aliphatic carbocycles. The van der Waals surface area contributed by atoms with E-state index in [9.17, 15) is 4.79 Å². The smallest absolute Gasteiger partial charge is 0.230 e. The van der Waals surface area contributed by atoms with Crippen molar-refractivity contribution in [1.29, 1.82) is 0 Å². The monoisotopic (exact) mass is 416 g/mol. The quantitative estimate of drug-likeness (QED) is 0.659. The number of piperazine rings is 1. The minimum absolute atomic E-state index is 0.0804. The van der Waals surface area contributed by atoms with Crippen molar-refractivity contribution in [2.24, 2.45) is 0 Å². The third-order valence-electron chi connectivity index (χ3n) is 5.57. The summed E-state index contributed by atoms with van der Waals surface area (Å²) in [5.41, 5.74) is 1.09. The van der Waals surface area contributed by atoms with E-state index in [2.05, 4.69) is 32.1 Å². The molecule has 2 aromatic heterocycles. The van der Waals surface area contributed by atoms with Gasteiger partial charge in [0.05, 0.1) is 5.92 Å². The Labute approximate surface area is 183 Å². The average molecular weight is 417 g/mol. The van der Waals surface area contributed by atoms with Gasteiger partial charge in [-0.2, -0.15) is 0 Å². The molecule has 0 saturated carbocycles. The highest BCUT2D eigenvalue weighted by Crippen LogP contribution is 2.24. The van der Waals surface area contributed by atoms with Crippen LogP contribution in [0.4, 0.5) is 17.5 Å². The highest BCUT2D eigenvalue weighted by molar-refractivity contribution is 5.84. The van der Waals surface area contributed by atoms with Crippen LogP contribution in [0.2, 0.25) is 0 Å². The van der Waals surface area contributed by atoms with Crippen molar-refractivity contribution in [1.82, 2.24) is 19.9 Å². The largest absolute Gasteiger partial charge is 0.353 e. The first-order valence-corrected chi connectivity index (χ1v) is 10.8. The number of pyridine rings is 1. The number of nitrogens with zero attached hydrogens (tertiary/aromatic N) is 5. The number of benzene rings is 1. The zero-order valence-electron chi connectivity index (χ0n) is 18.0. The highest BCUT2D eigenvalue weighted by Gasteiger charge is 2.28. The number of aromatic nitrogens is 3. The molecular formula is C24H28N6O. The standard InChI is InChI=1S/C24H28N6O/c1-3-20(19-9-5-4-6-10-19)24(31)30-15-13-29(14-16-30)23-17-22(26-18(2)27-23)28-21-11-7-8-12-25-21/h4-12,17,20H,3,13-16H2,1-2H3,(H,25,26,27,28). The third kappa shape index (κ3) is 4.99. The Hall–Kier alpha value is -3.48. The summed E-state index contributed by atoms with van der Waals surface area (Å²) >= 11 is 0. The first-order valence-electron chi connectivity index (χ1n) is 10.8. The van der Waals surface area contributed by atoms with Crippen molar-refractivity contribution in [2.45, 2.75) is 26.2 Å². The second-order valence-electron chi connectivity index (χ2n) is 7.68. The van der Waals surface area contributed by atoms with E-state index in [4.69, 9.17) is 0 Å². The fourth-order valence-electron chi connectivity index (χ4n) is 3.96. The van der Waals surface area contributed by atoms with Gasteiger partial charge in [-0.3, -0.25) is 4.79 Å². The molecule has 3 heterocycles. The summed E-state index contributed by atoms with van der Waals surface area (Å²) in [5, 5.41) is 3.24. The Morgan fingerprint density at radius 2 is 1.74 bits per heavy atom. The molecule has 7 nitrogen and oxygen atoms in total. The molecular weight excluding hydrogens is 388 g/mol. The Bertz CT molecular complexity index is 1000. The minimum Gasteiger partial charge on any atom is -0.353 e. The molecule has 0 radical (unpaired) electrons. The maximum atomic E-state index is 13.1. The third-order valence-corrected chi connectivity index (χ3v) is 5.57. The van der Waals surface area contributed by atoms with Crippen LogP contribution < -0.4 is 10.2 Å². The van der Waals surface area contributed by atoms with Gasteiger partial charge in [0.1, 0.15) is 23.3 Å². The Balaban J connectivity index is 1.42. The number of nitrogens with one attached hydrogen (secondary N) is 1. The van der Waals surface area contributed by atoms with Crippen molar-refractivity contribution < 1.29 is 4.79 Å². The molecule has 3 aromatic rings. The number of hydrogen-bond donors (Lipinski definition) is 1. The predicted molar refractivity (Wildman–Crippen MR) is 123 cm³/mol. The van der Waals surface area contributed by atoms with Crippen LogP contribution in [-0.4, -0.2) is 51.9 Å². The van der Waals surface area contributed by atoms with E-state index in [0.717, 1.165) is 42.5 Å². The van der Waals surface area contributed by atoms with Crippen LogP contribution in [0.3, 0.4) is 0 Å². The number of hydrogen-bond acceptors (Lipinski definition) is 6. The van der Waals surface area contributed by atoms with Gasteiger partial charge >= 0.3 is 0 Å². The summed E-state index contributed by atoms with van der Waals surface area (Å²) in [6.45, 7) is 6.83. The minimum atomic E-state index is -0.0804. The summed E-state index contributed by atoms with van der Waals surface area (Å²) in [4.78, 5) is 30.7. The van der Waals surface area contributed by atoms with E-state index >= 15 is 0 Å². The molecule has 1 amide bonds. The summed E-state index contributed by atoms with van der Waals surface area (Å²) in [6.07, 6.45) is 2.54. The van der Waals surface area contributed by atoms with Crippen LogP contribution in [0.25, 0.3) is 0 Å². The lowest BCUT2D eigenvalue weighted by atomic mass is 9.95. The first kappa shape index (κ1) is 20.8. The van der Waals surface area contributed by atoms with E-state index in [1.807, 2.05) is 66.4 Å². The van der Waals surface area contributed by atoms with Crippen molar-refractivity contribution in [3.05, 3.63) is 72.2 Å². The molecule has 1 aromatic carbocycles. The fraction of sp³-hybridized carbons (Fsp3) is 0.333. The maximum absolute atomic E-state index is 13.1. The summed E-state index contributed by atoms with van der Waals surface area (Å²) in [6, 6.07) is 17.7. The number of anilines is 3. The van der Waals surface area contributed by atoms with Crippen molar-refractivity contribution >= 4 is 23.4 Å². The Morgan fingerprint density at radius 1 is 1.00 bits per heavy atom. The van der Waals surface area contributed by atoms with Crippen LogP contribution in [0, 0.1) is 6.92 Å². The average Bonchev–Trinajstić information content (AvgIpc) is 2.80. The normalized spacial score (nSPS) is 14.9. The highest BCUT2D eigenvalue weighted by atomic mass is 16.2. The number of amides is 1. The molecule has 1 saturated heterocycles. The second-order valence-corrected chi connectivity index (χ2v) is 7.68. The van der Waals surface area contributed by atoms with Gasteiger partial charge in [-0.1, -0.05) is 43.3 Å². The maximum Gasteiger partial charge on any atom is 0.230 e. The van der Waals surface area contributed by atoms with Crippen LogP contribution in [0.1, 0.15) is 30.7 Å². The molecule has 7 heteroatoms. The summed E-state index contributed by atoms with van der Waals surface area (Å²) in [5.74, 6) is 3.16. The van der Waals surface area contributed by atoms with Gasteiger partial charge in [0.25, 0.3) is 0 Å². The van der Waals surface area contributed by atoms with E-state index in [1.54, 1.807) is 6.20 Å². The topological polar surface area (TPSA) is 74.2 Å². The van der Waals surface area contributed by atoms with E-state index in [0.29, 0.717) is 18.9 Å². The van der Waals surface area contributed by atoms with Gasteiger partial charge in [0.15, 0.2) is 0 Å². The lowest BCUT2D eigenvalue weighted by molar-refractivity contribution is -0.133. The van der Waals surface area contributed by atoms with Gasteiger partial charge < -0.3 is 15.1 Å². The zero-order chi connectivity index (χ0) is 21.6. The van der Waals surface area contributed by atoms with Crippen molar-refractivity contribution in [2.75, 3.05) is 36.4 Å². The number of carbonyl (C=O) groups is 1. The molecule has 1 aliphatic rings. The van der Waals surface area contributed by atoms with Gasteiger partial charge in [0.2, 0.25) is 5.91 Å². The van der Waals surface area contributed by atoms with Crippen LogP contribution in [0.15, 0.2) is 60.8 Å². The summed E-state index contributed by atoms with van der Waals surface area (Å²) < 4.78 is 0. The number of rotatable bonds is 6. The number of carbonyl (C=O) groups excluding carboxylic acids is 1. The summed E-state index contributed by atoms with van der Waals surface area (Å²) in [7, 11) is 0. The van der Waals surface area contributed by atoms with Gasteiger partial charge in [-0.15, -0.1) is 0 Å². The molecule has 0 bridgehead atoms. The molecule has 1 unspecified atom stereocenters. The lowest BCUT2D eigenvalue weighted by Crippen LogP contribution is -2.50. The van der Waals surface area contributed by atoms with Gasteiger partial charge in [-0.25, -0.2) is 15.0 Å². The Morgan fingerprint density at radius 3 is 2.42 bits per heavy atom. The van der Waals surface area contributed by atoms with Crippen LogP contribution >= 0.6 is 0 Å². The zero-order valence-corrected chi connectivity index (χ0v) is 18.0. The molecule has 1 atom stereocenters. The van der Waals surface area contributed by atoms with E-state index < -0.39 is 0 Å². The molecule has 31 heavy (non-hydrogen) atoms.